The van der Waals surface area contributed by atoms with Crippen LogP contribution < -0.4 is 21.2 Å². The normalized spacial score (nSPS) is 25.3. The SMILES string of the molecule is [B]C1(CN2CCC(OCC#Cc3cccc4c3n(C)c(=O)n4C3CCC(=O)NC3=O)CC2)CCC(n2cc(NC(=O)c3cnn4ccc(N5C[C@H]6C[C@@H]5CO6)nc34)c(C(F)F)n2)CC1. The highest BCUT2D eigenvalue weighted by Gasteiger charge is 2.40. The molecule has 17 nitrogen and oxygen atoms in total. The molecule has 1 aliphatic carbocycles. The standard InChI is InChI=1S/C44H48BF2N11O6/c1-53-38-26(4-2-6-33(38)58(43(53)62)34-7-8-36(59)51-42(34)61)5-3-19-63-29-11-16-54(17-12-29)25-44(45)14-9-27(10-15-44)57-23-32(37(52-57)39(46)47)49-41(60)31-21-48-56-18-13-35(50-40(31)56)55-22-30-20-28(55)24-64-30/h2,4,6,13,18,21,23,27-30,34,39H,7-12,14-17,19-20,22,24-25H2,1H3,(H,49,60)(H,51,59,61)/t27?,28-,30-,34?,44?/m1/s1. The van der Waals surface area contributed by atoms with Crippen molar-refractivity contribution >= 4 is 53.8 Å². The molecule has 5 aromatic rings. The van der Waals surface area contributed by atoms with E-state index < -0.39 is 35.3 Å². The second-order valence-electron chi connectivity index (χ2n) is 17.8. The van der Waals surface area contributed by atoms with Gasteiger partial charge in [-0.2, -0.15) is 10.2 Å². The van der Waals surface area contributed by atoms with Crippen LogP contribution in [0.4, 0.5) is 20.3 Å². The van der Waals surface area contributed by atoms with Gasteiger partial charge in [0, 0.05) is 45.5 Å². The lowest BCUT2D eigenvalue weighted by atomic mass is 9.59. The number of imide groups is 1. The maximum Gasteiger partial charge on any atom is 0.329 e. The van der Waals surface area contributed by atoms with Crippen molar-refractivity contribution in [1.29, 1.82) is 0 Å². The average Bonchev–Trinajstić information content (AvgIpc) is 4.13. The zero-order chi connectivity index (χ0) is 44.3. The quantitative estimate of drug-likeness (QED) is 0.119. The van der Waals surface area contributed by atoms with Crippen molar-refractivity contribution in [3.05, 3.63) is 70.2 Å². The summed E-state index contributed by atoms with van der Waals surface area (Å²) < 4.78 is 46.5. The number of ether oxygens (including phenoxy) is 2. The highest BCUT2D eigenvalue weighted by molar-refractivity contribution is 6.15. The summed E-state index contributed by atoms with van der Waals surface area (Å²) in [5.74, 6) is 5.56. The number of piperidine rings is 2. The number of imidazole rings is 1. The molecule has 332 valence electrons. The number of anilines is 2. The molecule has 4 aromatic heterocycles. The molecule has 3 amide bonds. The third kappa shape index (κ3) is 7.98. The van der Waals surface area contributed by atoms with Crippen LogP contribution >= 0.6 is 0 Å². The maximum atomic E-state index is 14.3. The van der Waals surface area contributed by atoms with Crippen molar-refractivity contribution in [1.82, 2.24) is 43.7 Å². The highest BCUT2D eigenvalue weighted by atomic mass is 19.3. The molecule has 1 saturated carbocycles. The molecule has 8 heterocycles. The predicted molar refractivity (Wildman–Crippen MR) is 230 cm³/mol. The van der Waals surface area contributed by atoms with E-state index in [2.05, 4.69) is 42.5 Å². The summed E-state index contributed by atoms with van der Waals surface area (Å²) in [5.41, 5.74) is 1.47. The number of benzene rings is 1. The number of likely N-dealkylation sites (tertiary alicyclic amines) is 1. The molecule has 1 unspecified atom stereocenters. The fourth-order valence-electron chi connectivity index (χ4n) is 10.2. The number of halogens is 2. The summed E-state index contributed by atoms with van der Waals surface area (Å²) in [5, 5.41) is 13.1. The minimum Gasteiger partial charge on any atom is -0.374 e. The van der Waals surface area contributed by atoms with Crippen molar-refractivity contribution < 1.29 is 32.6 Å². The van der Waals surface area contributed by atoms with Crippen LogP contribution in [0.2, 0.25) is 5.31 Å². The molecular formula is C44H48BF2N11O6. The Labute approximate surface area is 367 Å². The Morgan fingerprint density at radius 1 is 1.11 bits per heavy atom. The van der Waals surface area contributed by atoms with Gasteiger partial charge < -0.3 is 24.6 Å². The summed E-state index contributed by atoms with van der Waals surface area (Å²) in [7, 11) is 8.62. The van der Waals surface area contributed by atoms with E-state index in [-0.39, 0.29) is 66.6 Å². The number of aromatic nitrogens is 7. The first kappa shape index (κ1) is 42.1. The monoisotopic (exact) mass is 875 g/mol. The second kappa shape index (κ2) is 16.9. The van der Waals surface area contributed by atoms with Gasteiger partial charge in [0.1, 0.15) is 24.0 Å². The summed E-state index contributed by atoms with van der Waals surface area (Å²) in [4.78, 5) is 60.4. The van der Waals surface area contributed by atoms with Gasteiger partial charge in [-0.15, -0.1) is 0 Å². The molecule has 2 radical (unpaired) electrons. The smallest absolute Gasteiger partial charge is 0.329 e. The number of morpholine rings is 1. The molecule has 4 saturated heterocycles. The topological polar surface area (TPSA) is 175 Å². The Morgan fingerprint density at radius 2 is 1.92 bits per heavy atom. The van der Waals surface area contributed by atoms with Gasteiger partial charge in [0.15, 0.2) is 11.3 Å². The number of amides is 3. The zero-order valence-corrected chi connectivity index (χ0v) is 35.4. The minimum atomic E-state index is -2.90. The molecule has 0 spiro atoms. The van der Waals surface area contributed by atoms with E-state index in [0.717, 1.165) is 44.7 Å². The molecule has 2 bridgehead atoms. The fourth-order valence-corrected chi connectivity index (χ4v) is 10.2. The molecule has 1 aromatic carbocycles. The number of hydrogen-bond acceptors (Lipinski definition) is 11. The number of alkyl halides is 2. The van der Waals surface area contributed by atoms with Crippen molar-refractivity contribution in [2.75, 3.05) is 49.6 Å². The lowest BCUT2D eigenvalue weighted by Crippen LogP contribution is -2.44. The number of para-hydroxylation sites is 1. The van der Waals surface area contributed by atoms with Gasteiger partial charge >= 0.3 is 5.69 Å². The fraction of sp³-hybridized carbons (Fsp3) is 0.523. The molecule has 5 aliphatic rings. The first-order valence-electron chi connectivity index (χ1n) is 22.0. The number of fused-ring (bicyclic) bond motifs is 4. The van der Waals surface area contributed by atoms with Crippen molar-refractivity contribution in [2.24, 2.45) is 7.05 Å². The van der Waals surface area contributed by atoms with Gasteiger partial charge in [-0.25, -0.2) is 23.1 Å². The van der Waals surface area contributed by atoms with Gasteiger partial charge in [-0.05, 0) is 63.3 Å². The van der Waals surface area contributed by atoms with Gasteiger partial charge in [-0.1, -0.05) is 36.1 Å². The minimum absolute atomic E-state index is 0.0319. The highest BCUT2D eigenvalue weighted by Crippen LogP contribution is 2.45. The van der Waals surface area contributed by atoms with E-state index in [1.54, 1.807) is 30.1 Å². The molecule has 5 fully saturated rings. The summed E-state index contributed by atoms with van der Waals surface area (Å²) in [6, 6.07) is 6.57. The van der Waals surface area contributed by atoms with Crippen LogP contribution in [0.25, 0.3) is 16.7 Å². The summed E-state index contributed by atoms with van der Waals surface area (Å²) in [6.07, 6.45) is 7.61. The number of aryl methyl sites for hydroxylation is 1. The van der Waals surface area contributed by atoms with Gasteiger partial charge in [0.25, 0.3) is 12.3 Å². The van der Waals surface area contributed by atoms with E-state index >= 15 is 0 Å². The predicted octanol–water partition coefficient (Wildman–Crippen LogP) is 3.70. The van der Waals surface area contributed by atoms with E-state index in [4.69, 9.17) is 22.3 Å². The Hall–Kier alpha value is -5.91. The Morgan fingerprint density at radius 3 is 2.66 bits per heavy atom. The molecule has 2 N–H and O–H groups in total. The third-order valence-electron chi connectivity index (χ3n) is 13.6. The first-order valence-corrected chi connectivity index (χ1v) is 22.0. The largest absolute Gasteiger partial charge is 0.374 e. The van der Waals surface area contributed by atoms with Gasteiger partial charge in [0.2, 0.25) is 11.8 Å². The van der Waals surface area contributed by atoms with Gasteiger partial charge in [0.05, 0.1) is 67.2 Å². The van der Waals surface area contributed by atoms with Crippen LogP contribution in [-0.4, -0.2) is 122 Å². The van der Waals surface area contributed by atoms with E-state index in [1.165, 1.54) is 26.0 Å². The van der Waals surface area contributed by atoms with E-state index in [1.807, 2.05) is 12.1 Å². The number of hydrogen-bond donors (Lipinski definition) is 2. The number of nitrogens with one attached hydrogen (secondary N) is 2. The molecule has 3 atom stereocenters. The van der Waals surface area contributed by atoms with Crippen LogP contribution in [-0.2, 0) is 26.1 Å². The second-order valence-corrected chi connectivity index (χ2v) is 17.8. The molecule has 10 rings (SSSR count). The van der Waals surface area contributed by atoms with Crippen LogP contribution in [0.5, 0.6) is 0 Å². The zero-order valence-electron chi connectivity index (χ0n) is 35.4. The van der Waals surface area contributed by atoms with Crippen molar-refractivity contribution in [3.8, 4) is 11.8 Å². The number of carbonyl (C=O) groups is 3. The van der Waals surface area contributed by atoms with Crippen molar-refractivity contribution in [3.63, 3.8) is 0 Å². The van der Waals surface area contributed by atoms with Crippen molar-refractivity contribution in [2.45, 2.75) is 99.9 Å². The van der Waals surface area contributed by atoms with Crippen LogP contribution in [0.3, 0.4) is 0 Å². The number of nitrogens with zero attached hydrogens (tertiary/aromatic N) is 9. The molecular weight excluding hydrogens is 827 g/mol. The average molecular weight is 876 g/mol. The first-order chi connectivity index (χ1) is 30.9. The van der Waals surface area contributed by atoms with E-state index in [0.29, 0.717) is 61.1 Å². The van der Waals surface area contributed by atoms with E-state index in [9.17, 15) is 28.0 Å². The van der Waals surface area contributed by atoms with Crippen LogP contribution in [0.15, 0.2) is 47.7 Å². The molecule has 4 aliphatic heterocycles. The maximum absolute atomic E-state index is 14.3. The van der Waals surface area contributed by atoms with Crippen LogP contribution in [0, 0.1) is 11.8 Å². The summed E-state index contributed by atoms with van der Waals surface area (Å²) >= 11 is 0. The summed E-state index contributed by atoms with van der Waals surface area (Å²) in [6.45, 7) is 3.90. The molecule has 64 heavy (non-hydrogen) atoms. The third-order valence-corrected chi connectivity index (χ3v) is 13.6. The van der Waals surface area contributed by atoms with Crippen LogP contribution in [0.1, 0.15) is 97.9 Å². The Kier molecular flexibility index (Phi) is 11.1. The lowest BCUT2D eigenvalue weighted by Gasteiger charge is -2.43. The Bertz CT molecular complexity index is 2760. The lowest BCUT2D eigenvalue weighted by molar-refractivity contribution is -0.135. The molecule has 20 heteroatoms. The number of rotatable bonds is 10. The number of carbonyl (C=O) groups excluding carboxylic acids is 3. The Balaban J connectivity index is 0.712. The van der Waals surface area contributed by atoms with Gasteiger partial charge in [-0.3, -0.25) is 33.5 Å².